The van der Waals surface area contributed by atoms with E-state index in [9.17, 15) is 22.4 Å². The highest BCUT2D eigenvalue weighted by Crippen LogP contribution is 2.33. The van der Waals surface area contributed by atoms with Crippen molar-refractivity contribution in [3.8, 4) is 0 Å². The maximum absolute atomic E-state index is 12.9. The van der Waals surface area contributed by atoms with Gasteiger partial charge < -0.3 is 10.4 Å². The number of halogens is 6. The second kappa shape index (κ2) is 5.96. The third-order valence-corrected chi connectivity index (χ3v) is 3.11. The molecule has 3 nitrogen and oxygen atoms in total. The van der Waals surface area contributed by atoms with Gasteiger partial charge in [-0.2, -0.15) is 13.2 Å². The Morgan fingerprint density at radius 3 is 2.47 bits per heavy atom. The predicted molar refractivity (Wildman–Crippen MR) is 64.8 cm³/mol. The van der Waals surface area contributed by atoms with Crippen LogP contribution in [0, 0.1) is 11.7 Å². The normalized spacial score (nSPS) is 13.2. The molecule has 0 bridgehead atoms. The number of benzene rings is 1. The van der Waals surface area contributed by atoms with Crippen molar-refractivity contribution in [3.63, 3.8) is 0 Å². The summed E-state index contributed by atoms with van der Waals surface area (Å²) in [5.74, 6) is -5.26. The number of anilines is 1. The monoisotopic (exact) mass is 363 g/mol. The van der Waals surface area contributed by atoms with Gasteiger partial charge in [-0.3, -0.25) is 4.79 Å². The molecule has 19 heavy (non-hydrogen) atoms. The average Bonchev–Trinajstić information content (AvgIpc) is 2.18. The van der Waals surface area contributed by atoms with E-state index >= 15 is 0 Å². The van der Waals surface area contributed by atoms with Crippen molar-refractivity contribution in [2.45, 2.75) is 6.18 Å². The summed E-state index contributed by atoms with van der Waals surface area (Å²) in [7, 11) is 0. The van der Waals surface area contributed by atoms with E-state index < -0.39 is 30.4 Å². The van der Waals surface area contributed by atoms with E-state index in [1.807, 2.05) is 0 Å². The van der Waals surface area contributed by atoms with Crippen molar-refractivity contribution in [1.82, 2.24) is 0 Å². The predicted octanol–water partition coefficient (Wildman–Crippen LogP) is 3.92. The summed E-state index contributed by atoms with van der Waals surface area (Å²) in [5.41, 5.74) is -0.00133. The van der Waals surface area contributed by atoms with Crippen LogP contribution in [0.25, 0.3) is 0 Å². The molecule has 1 rings (SSSR count). The molecule has 0 aromatic heterocycles. The van der Waals surface area contributed by atoms with Gasteiger partial charge in [-0.1, -0.05) is 11.6 Å². The molecule has 1 aromatic carbocycles. The van der Waals surface area contributed by atoms with Crippen LogP contribution < -0.4 is 5.32 Å². The Morgan fingerprint density at radius 1 is 1.47 bits per heavy atom. The second-order valence-corrected chi connectivity index (χ2v) is 4.82. The molecule has 0 aliphatic heterocycles. The fourth-order valence-electron chi connectivity index (χ4n) is 1.26. The first-order chi connectivity index (χ1) is 8.62. The highest BCUT2D eigenvalue weighted by atomic mass is 79.9. The average molecular weight is 365 g/mol. The lowest BCUT2D eigenvalue weighted by Crippen LogP contribution is -2.36. The Labute approximate surface area is 118 Å². The lowest BCUT2D eigenvalue weighted by atomic mass is 10.1. The van der Waals surface area contributed by atoms with E-state index in [1.54, 1.807) is 0 Å². The summed E-state index contributed by atoms with van der Waals surface area (Å²) >= 11 is 8.57. The quantitative estimate of drug-likeness (QED) is 0.796. The summed E-state index contributed by atoms with van der Waals surface area (Å²) in [4.78, 5) is 10.5. The highest BCUT2D eigenvalue weighted by Gasteiger charge is 2.45. The zero-order valence-corrected chi connectivity index (χ0v) is 11.4. The third-order valence-electron chi connectivity index (χ3n) is 2.18. The zero-order chi connectivity index (χ0) is 14.8. The van der Waals surface area contributed by atoms with Crippen molar-refractivity contribution < 1.29 is 27.5 Å². The lowest BCUT2D eigenvalue weighted by molar-refractivity contribution is -0.190. The van der Waals surface area contributed by atoms with E-state index in [2.05, 4.69) is 21.2 Å². The van der Waals surface area contributed by atoms with E-state index in [0.29, 0.717) is 0 Å². The number of carboxylic acid groups (broad SMARTS) is 1. The second-order valence-electron chi connectivity index (χ2n) is 3.56. The Morgan fingerprint density at radius 2 is 2.05 bits per heavy atom. The van der Waals surface area contributed by atoms with Crippen LogP contribution in [0.4, 0.5) is 23.2 Å². The van der Waals surface area contributed by atoms with E-state index in [4.69, 9.17) is 16.7 Å². The SMILES string of the molecule is O=C(O)C(CNc1c(Cl)cc(F)cc1Br)C(F)(F)F. The summed E-state index contributed by atoms with van der Waals surface area (Å²) in [6.07, 6.45) is -4.89. The summed E-state index contributed by atoms with van der Waals surface area (Å²) in [5, 5.41) is 10.6. The maximum Gasteiger partial charge on any atom is 0.403 e. The van der Waals surface area contributed by atoms with E-state index in [0.717, 1.165) is 12.1 Å². The number of carboxylic acids is 1. The topological polar surface area (TPSA) is 49.3 Å². The van der Waals surface area contributed by atoms with Crippen LogP contribution in [0.3, 0.4) is 0 Å². The van der Waals surface area contributed by atoms with Gasteiger partial charge in [-0.25, -0.2) is 4.39 Å². The number of rotatable bonds is 4. The lowest BCUT2D eigenvalue weighted by Gasteiger charge is -2.18. The van der Waals surface area contributed by atoms with Crippen molar-refractivity contribution in [1.29, 1.82) is 0 Å². The maximum atomic E-state index is 12.9. The number of alkyl halides is 3. The van der Waals surface area contributed by atoms with Gasteiger partial charge in [0.05, 0.1) is 10.7 Å². The molecule has 0 aliphatic rings. The number of carbonyl (C=O) groups is 1. The van der Waals surface area contributed by atoms with Gasteiger partial charge >= 0.3 is 12.1 Å². The molecule has 0 spiro atoms. The molecule has 9 heteroatoms. The van der Waals surface area contributed by atoms with Crippen LogP contribution in [0.1, 0.15) is 0 Å². The first-order valence-corrected chi connectivity index (χ1v) is 5.98. The van der Waals surface area contributed by atoms with Gasteiger partial charge in [0.1, 0.15) is 5.82 Å². The molecule has 0 saturated carbocycles. The van der Waals surface area contributed by atoms with Gasteiger partial charge in [-0.15, -0.1) is 0 Å². The smallest absolute Gasteiger partial charge is 0.403 e. The molecule has 0 amide bonds. The molecule has 0 saturated heterocycles. The van der Waals surface area contributed by atoms with Crippen LogP contribution in [0.5, 0.6) is 0 Å². The zero-order valence-electron chi connectivity index (χ0n) is 9.06. The molecule has 0 fully saturated rings. The van der Waals surface area contributed by atoms with Crippen molar-refractivity contribution >= 4 is 39.2 Å². The molecule has 1 atom stereocenters. The highest BCUT2D eigenvalue weighted by molar-refractivity contribution is 9.10. The van der Waals surface area contributed by atoms with Crippen molar-refractivity contribution in [2.24, 2.45) is 5.92 Å². The molecule has 106 valence electrons. The Hall–Kier alpha value is -1.02. The first kappa shape index (κ1) is 16.0. The van der Waals surface area contributed by atoms with Crippen LogP contribution in [-0.4, -0.2) is 23.8 Å². The van der Waals surface area contributed by atoms with Crippen LogP contribution in [-0.2, 0) is 4.79 Å². The minimum Gasteiger partial charge on any atom is -0.481 e. The van der Waals surface area contributed by atoms with Crippen molar-refractivity contribution in [2.75, 3.05) is 11.9 Å². The van der Waals surface area contributed by atoms with Gasteiger partial charge in [0.2, 0.25) is 0 Å². The fourth-order valence-corrected chi connectivity index (χ4v) is 2.22. The molecule has 1 aromatic rings. The number of aliphatic carboxylic acids is 1. The minimum absolute atomic E-state index is 0.00133. The first-order valence-electron chi connectivity index (χ1n) is 4.81. The summed E-state index contributed by atoms with van der Waals surface area (Å²) in [6, 6.07) is 1.90. The Kier molecular flexibility index (Phi) is 5.03. The standard InChI is InChI=1S/C10H7BrClF4NO2/c11-6-1-4(13)2-7(12)8(6)17-3-5(9(18)19)10(14,15)16/h1-2,5,17H,3H2,(H,18,19). The van der Waals surface area contributed by atoms with Gasteiger partial charge in [0.25, 0.3) is 0 Å². The van der Waals surface area contributed by atoms with Gasteiger partial charge in [0, 0.05) is 11.0 Å². The molecular weight excluding hydrogens is 357 g/mol. The fraction of sp³-hybridized carbons (Fsp3) is 0.300. The largest absolute Gasteiger partial charge is 0.481 e. The summed E-state index contributed by atoms with van der Waals surface area (Å²) < 4.78 is 50.2. The molecular formula is C10H7BrClF4NO2. The van der Waals surface area contributed by atoms with Crippen LogP contribution >= 0.6 is 27.5 Å². The van der Waals surface area contributed by atoms with Gasteiger partial charge in [-0.05, 0) is 28.1 Å². The molecule has 2 N–H and O–H groups in total. The minimum atomic E-state index is -4.89. The van der Waals surface area contributed by atoms with Gasteiger partial charge in [0.15, 0.2) is 5.92 Å². The Bertz CT molecular complexity index is 472. The van der Waals surface area contributed by atoms with Crippen LogP contribution in [0.15, 0.2) is 16.6 Å². The number of hydrogen-bond acceptors (Lipinski definition) is 2. The third kappa shape index (κ3) is 4.24. The van der Waals surface area contributed by atoms with Crippen molar-refractivity contribution in [3.05, 3.63) is 27.4 Å². The Balaban J connectivity index is 2.90. The number of nitrogens with one attached hydrogen (secondary N) is 1. The van der Waals surface area contributed by atoms with Crippen LogP contribution in [0.2, 0.25) is 5.02 Å². The molecule has 0 heterocycles. The van der Waals surface area contributed by atoms with E-state index in [-0.39, 0.29) is 15.2 Å². The number of hydrogen-bond donors (Lipinski definition) is 2. The molecule has 1 unspecified atom stereocenters. The molecule has 0 aliphatic carbocycles. The van der Waals surface area contributed by atoms with E-state index in [1.165, 1.54) is 0 Å². The molecule has 0 radical (unpaired) electrons. The summed E-state index contributed by atoms with van der Waals surface area (Å²) in [6.45, 7) is -0.914.